The van der Waals surface area contributed by atoms with Gasteiger partial charge < -0.3 is 4.90 Å². The standard InChI is InChI=1S/C15H11ClN4O4/c16-10-3-5-11(6-4-10)18-8-9-19(15(22)14(18)21)13-12(20(23)24)2-1-7-17-13/h1-7H,8-9H2. The first-order valence-corrected chi connectivity index (χ1v) is 7.35. The molecule has 1 saturated heterocycles. The first kappa shape index (κ1) is 15.9. The van der Waals surface area contributed by atoms with Gasteiger partial charge >= 0.3 is 17.5 Å². The number of nitro groups is 1. The molecule has 1 aliphatic heterocycles. The quantitative estimate of drug-likeness (QED) is 0.481. The third-order valence-corrected chi connectivity index (χ3v) is 3.83. The molecule has 1 fully saturated rings. The van der Waals surface area contributed by atoms with Gasteiger partial charge in [-0.25, -0.2) is 4.98 Å². The number of aromatic nitrogens is 1. The highest BCUT2D eigenvalue weighted by Crippen LogP contribution is 2.28. The molecular formula is C15H11ClN4O4. The van der Waals surface area contributed by atoms with Crippen molar-refractivity contribution in [1.82, 2.24) is 4.98 Å². The number of rotatable bonds is 3. The first-order chi connectivity index (χ1) is 11.5. The summed E-state index contributed by atoms with van der Waals surface area (Å²) < 4.78 is 0. The van der Waals surface area contributed by atoms with Gasteiger partial charge in [-0.15, -0.1) is 0 Å². The van der Waals surface area contributed by atoms with Crippen LogP contribution in [0.5, 0.6) is 0 Å². The van der Waals surface area contributed by atoms with E-state index in [1.54, 1.807) is 24.3 Å². The molecule has 122 valence electrons. The molecule has 8 nitrogen and oxygen atoms in total. The Hall–Kier alpha value is -3.00. The number of anilines is 2. The molecule has 0 saturated carbocycles. The number of benzene rings is 1. The predicted octanol–water partition coefficient (Wildman–Crippen LogP) is 2.02. The minimum absolute atomic E-state index is 0.102. The van der Waals surface area contributed by atoms with Gasteiger partial charge in [0.05, 0.1) is 4.92 Å². The van der Waals surface area contributed by atoms with Crippen LogP contribution in [0.3, 0.4) is 0 Å². The van der Waals surface area contributed by atoms with Crippen LogP contribution in [0.2, 0.25) is 5.02 Å². The van der Waals surface area contributed by atoms with Crippen molar-refractivity contribution in [1.29, 1.82) is 0 Å². The molecule has 3 rings (SSSR count). The molecule has 0 spiro atoms. The second-order valence-corrected chi connectivity index (χ2v) is 5.43. The molecule has 2 aromatic rings. The minimum Gasteiger partial charge on any atom is -0.302 e. The summed E-state index contributed by atoms with van der Waals surface area (Å²) in [6.07, 6.45) is 1.34. The summed E-state index contributed by atoms with van der Waals surface area (Å²) in [5.41, 5.74) is 0.214. The normalized spacial score (nSPS) is 14.9. The molecule has 1 aromatic carbocycles. The van der Waals surface area contributed by atoms with E-state index < -0.39 is 16.7 Å². The monoisotopic (exact) mass is 346 g/mol. The fraction of sp³-hybridized carbons (Fsp3) is 0.133. The van der Waals surface area contributed by atoms with E-state index in [9.17, 15) is 19.7 Å². The SMILES string of the molecule is O=C1C(=O)N(c2ncccc2[N+](=O)[O-])CCN1c1ccc(Cl)cc1. The van der Waals surface area contributed by atoms with Crippen LogP contribution in [0.4, 0.5) is 17.2 Å². The lowest BCUT2D eigenvalue weighted by Crippen LogP contribution is -2.55. The molecule has 1 aliphatic rings. The average Bonchev–Trinajstić information content (AvgIpc) is 2.58. The summed E-state index contributed by atoms with van der Waals surface area (Å²) >= 11 is 5.82. The number of carbonyl (C=O) groups excluding carboxylic acids is 2. The number of carbonyl (C=O) groups is 2. The van der Waals surface area contributed by atoms with Gasteiger partial charge in [-0.1, -0.05) is 11.6 Å². The van der Waals surface area contributed by atoms with Crippen molar-refractivity contribution >= 4 is 40.6 Å². The van der Waals surface area contributed by atoms with E-state index in [1.165, 1.54) is 23.2 Å². The van der Waals surface area contributed by atoms with Gasteiger partial charge in [-0.05, 0) is 30.3 Å². The number of nitrogens with zero attached hydrogens (tertiary/aromatic N) is 4. The highest BCUT2D eigenvalue weighted by Gasteiger charge is 2.37. The number of halogens is 1. The molecule has 2 heterocycles. The summed E-state index contributed by atoms with van der Waals surface area (Å²) in [5.74, 6) is -1.77. The predicted molar refractivity (Wildman–Crippen MR) is 87.0 cm³/mol. The number of hydrogen-bond acceptors (Lipinski definition) is 5. The van der Waals surface area contributed by atoms with Crippen molar-refractivity contribution in [2.75, 3.05) is 22.9 Å². The molecule has 9 heteroatoms. The fourth-order valence-electron chi connectivity index (χ4n) is 2.44. The highest BCUT2D eigenvalue weighted by molar-refractivity contribution is 6.45. The van der Waals surface area contributed by atoms with Crippen LogP contribution >= 0.6 is 11.6 Å². The molecule has 0 radical (unpaired) electrons. The van der Waals surface area contributed by atoms with Crippen LogP contribution < -0.4 is 9.80 Å². The molecular weight excluding hydrogens is 336 g/mol. The van der Waals surface area contributed by atoms with Crippen molar-refractivity contribution in [3.05, 3.63) is 57.7 Å². The maximum atomic E-state index is 12.4. The maximum Gasteiger partial charge on any atom is 0.318 e. The van der Waals surface area contributed by atoms with E-state index in [4.69, 9.17) is 11.6 Å². The molecule has 0 aliphatic carbocycles. The van der Waals surface area contributed by atoms with E-state index in [1.807, 2.05) is 0 Å². The largest absolute Gasteiger partial charge is 0.318 e. The molecule has 24 heavy (non-hydrogen) atoms. The summed E-state index contributed by atoms with van der Waals surface area (Å²) in [7, 11) is 0. The Morgan fingerprint density at radius 3 is 2.33 bits per heavy atom. The zero-order chi connectivity index (χ0) is 17.3. The van der Waals surface area contributed by atoms with E-state index in [0.717, 1.165) is 4.90 Å². The van der Waals surface area contributed by atoms with Crippen molar-refractivity contribution in [3.8, 4) is 0 Å². The zero-order valence-electron chi connectivity index (χ0n) is 12.3. The lowest BCUT2D eigenvalue weighted by molar-refractivity contribution is -0.384. The van der Waals surface area contributed by atoms with Gasteiger partial charge in [-0.2, -0.15) is 0 Å². The third-order valence-electron chi connectivity index (χ3n) is 3.58. The topological polar surface area (TPSA) is 96.6 Å². The van der Waals surface area contributed by atoms with Crippen molar-refractivity contribution in [2.45, 2.75) is 0 Å². The maximum absolute atomic E-state index is 12.4. The van der Waals surface area contributed by atoms with Gasteiger partial charge in [0.25, 0.3) is 0 Å². The second-order valence-electron chi connectivity index (χ2n) is 4.99. The van der Waals surface area contributed by atoms with Gasteiger partial charge in [0.1, 0.15) is 0 Å². The Labute approximate surface area is 141 Å². The summed E-state index contributed by atoms with van der Waals surface area (Å²) in [6.45, 7) is 0.297. The second kappa shape index (κ2) is 6.25. The molecule has 0 unspecified atom stereocenters. The molecule has 2 amide bonds. The summed E-state index contributed by atoms with van der Waals surface area (Å²) in [5, 5.41) is 11.6. The van der Waals surface area contributed by atoms with Crippen molar-refractivity contribution in [3.63, 3.8) is 0 Å². The van der Waals surface area contributed by atoms with Crippen molar-refractivity contribution in [2.24, 2.45) is 0 Å². The molecule has 0 bridgehead atoms. The average molecular weight is 347 g/mol. The van der Waals surface area contributed by atoms with Crippen LogP contribution in [-0.2, 0) is 9.59 Å². The van der Waals surface area contributed by atoms with E-state index in [0.29, 0.717) is 10.7 Å². The Morgan fingerprint density at radius 1 is 1.04 bits per heavy atom. The highest BCUT2D eigenvalue weighted by atomic mass is 35.5. The minimum atomic E-state index is -0.863. The van der Waals surface area contributed by atoms with E-state index in [2.05, 4.69) is 4.98 Å². The number of piperazine rings is 1. The van der Waals surface area contributed by atoms with Crippen LogP contribution in [0.1, 0.15) is 0 Å². The zero-order valence-corrected chi connectivity index (χ0v) is 13.0. The van der Waals surface area contributed by atoms with Crippen LogP contribution in [0, 0.1) is 10.1 Å². The lowest BCUT2D eigenvalue weighted by atomic mass is 10.2. The lowest BCUT2D eigenvalue weighted by Gasteiger charge is -2.32. The molecule has 0 N–H and O–H groups in total. The van der Waals surface area contributed by atoms with Gasteiger partial charge in [0, 0.05) is 36.1 Å². The molecule has 0 atom stereocenters. The Kier molecular flexibility index (Phi) is 4.13. The van der Waals surface area contributed by atoms with Crippen LogP contribution in [0.25, 0.3) is 0 Å². The third kappa shape index (κ3) is 2.79. The first-order valence-electron chi connectivity index (χ1n) is 6.97. The molecule has 1 aromatic heterocycles. The van der Waals surface area contributed by atoms with Crippen LogP contribution in [0.15, 0.2) is 42.6 Å². The number of pyridine rings is 1. The van der Waals surface area contributed by atoms with Crippen molar-refractivity contribution < 1.29 is 14.5 Å². The van der Waals surface area contributed by atoms with E-state index >= 15 is 0 Å². The number of amides is 2. The Bertz CT molecular complexity index is 824. The van der Waals surface area contributed by atoms with Gasteiger partial charge in [-0.3, -0.25) is 24.6 Å². The van der Waals surface area contributed by atoms with Gasteiger partial charge in [0.15, 0.2) is 0 Å². The van der Waals surface area contributed by atoms with Gasteiger partial charge in [0.2, 0.25) is 5.82 Å². The van der Waals surface area contributed by atoms with E-state index in [-0.39, 0.29) is 24.6 Å². The fourth-order valence-corrected chi connectivity index (χ4v) is 2.57. The Balaban J connectivity index is 1.90. The number of hydrogen-bond donors (Lipinski definition) is 0. The van der Waals surface area contributed by atoms with Crippen LogP contribution in [-0.4, -0.2) is 34.8 Å². The summed E-state index contributed by atoms with van der Waals surface area (Å²) in [6, 6.07) is 9.14. The smallest absolute Gasteiger partial charge is 0.302 e. The Morgan fingerprint density at radius 2 is 1.67 bits per heavy atom. The summed E-state index contributed by atoms with van der Waals surface area (Å²) in [4.78, 5) is 41.5.